The standard InChI is InChI=1S/C20H23NO2/c1-13(2)15-5-4-6-16(9-15)17-7-14(3)8-19(10-17)21-11-18(12-21)20(22)23/h4-10,13,18H,11-12H2,1-3H3,(H,22,23). The molecule has 3 rings (SSSR count). The lowest BCUT2D eigenvalue weighted by Gasteiger charge is -2.39. The van der Waals surface area contributed by atoms with Gasteiger partial charge in [-0.05, 0) is 47.2 Å². The van der Waals surface area contributed by atoms with E-state index in [1.54, 1.807) is 0 Å². The number of hydrogen-bond donors (Lipinski definition) is 1. The lowest BCUT2D eigenvalue weighted by Crippen LogP contribution is -2.50. The topological polar surface area (TPSA) is 40.5 Å². The maximum absolute atomic E-state index is 11.0. The third-order valence-corrected chi connectivity index (χ3v) is 4.54. The summed E-state index contributed by atoms with van der Waals surface area (Å²) in [7, 11) is 0. The van der Waals surface area contributed by atoms with E-state index >= 15 is 0 Å². The van der Waals surface area contributed by atoms with Crippen molar-refractivity contribution >= 4 is 11.7 Å². The summed E-state index contributed by atoms with van der Waals surface area (Å²) in [5.41, 5.74) is 6.07. The number of rotatable bonds is 4. The Morgan fingerprint density at radius 3 is 2.52 bits per heavy atom. The molecule has 0 amide bonds. The number of aryl methyl sites for hydroxylation is 1. The molecule has 1 aliphatic rings. The second kappa shape index (κ2) is 6.07. The Morgan fingerprint density at radius 1 is 1.13 bits per heavy atom. The Morgan fingerprint density at radius 2 is 1.87 bits per heavy atom. The number of carboxylic acid groups (broad SMARTS) is 1. The fourth-order valence-electron chi connectivity index (χ4n) is 3.04. The number of hydrogen-bond acceptors (Lipinski definition) is 2. The van der Waals surface area contributed by atoms with Crippen LogP contribution in [0.25, 0.3) is 11.1 Å². The monoisotopic (exact) mass is 309 g/mol. The van der Waals surface area contributed by atoms with E-state index in [9.17, 15) is 4.79 Å². The Bertz CT molecular complexity index is 730. The highest BCUT2D eigenvalue weighted by molar-refractivity contribution is 5.76. The summed E-state index contributed by atoms with van der Waals surface area (Å²) < 4.78 is 0. The molecule has 0 spiro atoms. The molecule has 1 heterocycles. The number of aliphatic carboxylic acids is 1. The molecule has 1 fully saturated rings. The van der Waals surface area contributed by atoms with Crippen LogP contribution in [0.1, 0.15) is 30.9 Å². The first-order valence-electron chi connectivity index (χ1n) is 8.14. The largest absolute Gasteiger partial charge is 0.481 e. The number of anilines is 1. The van der Waals surface area contributed by atoms with E-state index in [-0.39, 0.29) is 5.92 Å². The number of benzene rings is 2. The Balaban J connectivity index is 1.89. The normalized spacial score (nSPS) is 14.9. The highest BCUT2D eigenvalue weighted by Crippen LogP contribution is 2.32. The molecule has 0 saturated carbocycles. The van der Waals surface area contributed by atoms with Crippen LogP contribution in [-0.2, 0) is 4.79 Å². The molecule has 0 unspecified atom stereocenters. The van der Waals surface area contributed by atoms with Crippen molar-refractivity contribution < 1.29 is 9.90 Å². The predicted molar refractivity (Wildman–Crippen MR) is 94.0 cm³/mol. The highest BCUT2D eigenvalue weighted by atomic mass is 16.4. The summed E-state index contributed by atoms with van der Waals surface area (Å²) >= 11 is 0. The van der Waals surface area contributed by atoms with Gasteiger partial charge < -0.3 is 10.0 Å². The van der Waals surface area contributed by atoms with E-state index in [0.717, 1.165) is 5.69 Å². The fraction of sp³-hybridized carbons (Fsp3) is 0.350. The van der Waals surface area contributed by atoms with Crippen LogP contribution in [-0.4, -0.2) is 24.2 Å². The highest BCUT2D eigenvalue weighted by Gasteiger charge is 2.32. The molecule has 0 aromatic heterocycles. The average molecular weight is 309 g/mol. The second-order valence-electron chi connectivity index (χ2n) is 6.78. The molecule has 0 atom stereocenters. The SMILES string of the molecule is Cc1cc(-c2cccc(C(C)C)c2)cc(N2CC(C(=O)O)C2)c1. The van der Waals surface area contributed by atoms with Gasteiger partial charge in [-0.3, -0.25) is 4.79 Å². The van der Waals surface area contributed by atoms with Crippen molar-refractivity contribution in [3.63, 3.8) is 0 Å². The first-order chi connectivity index (χ1) is 10.9. The van der Waals surface area contributed by atoms with Crippen LogP contribution >= 0.6 is 0 Å². The zero-order valence-corrected chi connectivity index (χ0v) is 13.9. The molecule has 3 heteroatoms. The van der Waals surface area contributed by atoms with Crippen molar-refractivity contribution in [1.82, 2.24) is 0 Å². The Hall–Kier alpha value is -2.29. The van der Waals surface area contributed by atoms with Crippen LogP contribution in [0.3, 0.4) is 0 Å². The smallest absolute Gasteiger partial charge is 0.310 e. The van der Waals surface area contributed by atoms with Crippen LogP contribution in [0.5, 0.6) is 0 Å². The molecule has 23 heavy (non-hydrogen) atoms. The molecule has 120 valence electrons. The lowest BCUT2D eigenvalue weighted by molar-refractivity contribution is -0.142. The molecule has 0 bridgehead atoms. The van der Waals surface area contributed by atoms with Crippen LogP contribution in [0, 0.1) is 12.8 Å². The molecule has 2 aromatic carbocycles. The van der Waals surface area contributed by atoms with Crippen LogP contribution in [0.15, 0.2) is 42.5 Å². The van der Waals surface area contributed by atoms with Gasteiger partial charge in [0.1, 0.15) is 0 Å². The van der Waals surface area contributed by atoms with Gasteiger partial charge in [-0.2, -0.15) is 0 Å². The van der Waals surface area contributed by atoms with Gasteiger partial charge in [0.2, 0.25) is 0 Å². The maximum Gasteiger partial charge on any atom is 0.310 e. The van der Waals surface area contributed by atoms with Crippen LogP contribution in [0.2, 0.25) is 0 Å². The molecule has 2 aromatic rings. The number of nitrogens with zero attached hydrogens (tertiary/aromatic N) is 1. The Kier molecular flexibility index (Phi) is 4.12. The van der Waals surface area contributed by atoms with E-state index in [1.807, 2.05) is 0 Å². The predicted octanol–water partition coefficient (Wildman–Crippen LogP) is 4.31. The summed E-state index contributed by atoms with van der Waals surface area (Å²) in [5, 5.41) is 9.04. The quantitative estimate of drug-likeness (QED) is 0.915. The molecule has 1 aliphatic heterocycles. The zero-order valence-electron chi connectivity index (χ0n) is 13.9. The fourth-order valence-corrected chi connectivity index (χ4v) is 3.04. The van der Waals surface area contributed by atoms with Crippen molar-refractivity contribution in [2.45, 2.75) is 26.7 Å². The number of carboxylic acids is 1. The van der Waals surface area contributed by atoms with Gasteiger partial charge in [0.25, 0.3) is 0 Å². The van der Waals surface area contributed by atoms with Gasteiger partial charge >= 0.3 is 5.97 Å². The Labute approximate surface area is 137 Å². The molecule has 1 N–H and O–H groups in total. The minimum absolute atomic E-state index is 0.233. The van der Waals surface area contributed by atoms with E-state index in [4.69, 9.17) is 5.11 Å². The van der Waals surface area contributed by atoms with E-state index in [0.29, 0.717) is 19.0 Å². The first-order valence-corrected chi connectivity index (χ1v) is 8.14. The van der Waals surface area contributed by atoms with E-state index in [2.05, 4.69) is 68.1 Å². The molecule has 3 nitrogen and oxygen atoms in total. The molecular formula is C20H23NO2. The first kappa shape index (κ1) is 15.6. The molecule has 1 saturated heterocycles. The molecule has 0 aliphatic carbocycles. The van der Waals surface area contributed by atoms with Gasteiger partial charge in [0.05, 0.1) is 5.92 Å². The third kappa shape index (κ3) is 3.24. The van der Waals surface area contributed by atoms with E-state index < -0.39 is 5.97 Å². The van der Waals surface area contributed by atoms with Crippen molar-refractivity contribution in [3.05, 3.63) is 53.6 Å². The van der Waals surface area contributed by atoms with Gasteiger partial charge in [0.15, 0.2) is 0 Å². The van der Waals surface area contributed by atoms with Crippen molar-refractivity contribution in [2.24, 2.45) is 5.92 Å². The third-order valence-electron chi connectivity index (χ3n) is 4.54. The van der Waals surface area contributed by atoms with Gasteiger partial charge in [-0.15, -0.1) is 0 Å². The zero-order chi connectivity index (χ0) is 16.6. The summed E-state index contributed by atoms with van der Waals surface area (Å²) in [6.07, 6.45) is 0. The van der Waals surface area contributed by atoms with Crippen molar-refractivity contribution in [1.29, 1.82) is 0 Å². The van der Waals surface area contributed by atoms with Gasteiger partial charge in [-0.1, -0.05) is 44.2 Å². The van der Waals surface area contributed by atoms with Crippen LogP contribution in [0.4, 0.5) is 5.69 Å². The minimum atomic E-state index is -0.696. The minimum Gasteiger partial charge on any atom is -0.481 e. The lowest BCUT2D eigenvalue weighted by atomic mass is 9.94. The van der Waals surface area contributed by atoms with Crippen molar-refractivity contribution in [3.8, 4) is 11.1 Å². The second-order valence-corrected chi connectivity index (χ2v) is 6.78. The summed E-state index contributed by atoms with van der Waals surface area (Å²) in [6.45, 7) is 7.70. The summed E-state index contributed by atoms with van der Waals surface area (Å²) in [6, 6.07) is 15.2. The summed E-state index contributed by atoms with van der Waals surface area (Å²) in [4.78, 5) is 13.1. The number of carbonyl (C=O) groups is 1. The maximum atomic E-state index is 11.0. The van der Waals surface area contributed by atoms with Gasteiger partial charge in [-0.25, -0.2) is 0 Å². The molecule has 0 radical (unpaired) electrons. The average Bonchev–Trinajstić information content (AvgIpc) is 2.45. The van der Waals surface area contributed by atoms with E-state index in [1.165, 1.54) is 22.3 Å². The molecular weight excluding hydrogens is 286 g/mol. The van der Waals surface area contributed by atoms with Crippen LogP contribution < -0.4 is 4.90 Å². The van der Waals surface area contributed by atoms with Gasteiger partial charge in [0, 0.05) is 18.8 Å². The van der Waals surface area contributed by atoms with Crippen molar-refractivity contribution in [2.75, 3.05) is 18.0 Å². The summed E-state index contributed by atoms with van der Waals surface area (Å²) in [5.74, 6) is -0.423.